The summed E-state index contributed by atoms with van der Waals surface area (Å²) in [6.07, 6.45) is 1.45. The minimum absolute atomic E-state index is 0.178. The van der Waals surface area contributed by atoms with Gasteiger partial charge in [-0.25, -0.2) is 0 Å². The summed E-state index contributed by atoms with van der Waals surface area (Å²) in [4.78, 5) is 11.9. The Balaban J connectivity index is 2.21. The average molecular weight is 275 g/mol. The van der Waals surface area contributed by atoms with E-state index in [1.54, 1.807) is 24.3 Å². The molecule has 2 rings (SSSR count). The van der Waals surface area contributed by atoms with E-state index < -0.39 is 0 Å². The summed E-state index contributed by atoms with van der Waals surface area (Å²) in [5, 5.41) is 5.80. The molecule has 6 heteroatoms. The largest absolute Gasteiger partial charge is 0.459 e. The van der Waals surface area contributed by atoms with Crippen LogP contribution in [-0.2, 0) is 0 Å². The quantitative estimate of drug-likeness (QED) is 0.750. The summed E-state index contributed by atoms with van der Waals surface area (Å²) in [5.41, 5.74) is 7.71. The Kier molecular flexibility index (Phi) is 3.82. The molecule has 0 fully saturated rings. The van der Waals surface area contributed by atoms with Crippen LogP contribution in [0.1, 0.15) is 16.1 Å². The minimum atomic E-state index is -0.305. The third-order valence-electron chi connectivity index (χ3n) is 2.58. The van der Waals surface area contributed by atoms with Crippen LogP contribution in [0, 0.1) is 6.92 Å². The van der Waals surface area contributed by atoms with Crippen LogP contribution < -0.4 is 16.4 Å². The molecule has 0 saturated heterocycles. The lowest BCUT2D eigenvalue weighted by Gasteiger charge is -2.12. The molecule has 19 heavy (non-hydrogen) atoms. The van der Waals surface area contributed by atoms with Crippen molar-refractivity contribution in [1.29, 1.82) is 0 Å². The maximum absolute atomic E-state index is 11.9. The van der Waals surface area contributed by atoms with E-state index in [1.807, 2.05) is 13.0 Å². The number of nitrogens with one attached hydrogen (secondary N) is 2. The molecule has 1 amide bonds. The van der Waals surface area contributed by atoms with Gasteiger partial charge in [0.2, 0.25) is 0 Å². The Labute approximate surface area is 115 Å². The lowest BCUT2D eigenvalue weighted by atomic mass is 10.1. The number of carbonyl (C=O) groups excluding carboxylic acids is 1. The number of furan rings is 1. The number of hydrogen-bond donors (Lipinski definition) is 3. The van der Waals surface area contributed by atoms with Gasteiger partial charge in [-0.05, 0) is 49.0 Å². The van der Waals surface area contributed by atoms with Gasteiger partial charge in [0.25, 0.3) is 5.91 Å². The Morgan fingerprint density at radius 2 is 1.89 bits per heavy atom. The van der Waals surface area contributed by atoms with Crippen LogP contribution in [0.5, 0.6) is 0 Å². The second-order valence-corrected chi connectivity index (χ2v) is 4.34. The van der Waals surface area contributed by atoms with E-state index in [9.17, 15) is 4.79 Å². The highest BCUT2D eigenvalue weighted by molar-refractivity contribution is 7.80. The van der Waals surface area contributed by atoms with E-state index in [-0.39, 0.29) is 16.8 Å². The van der Waals surface area contributed by atoms with Crippen molar-refractivity contribution in [3.05, 3.63) is 47.9 Å². The number of hydrogen-bond acceptors (Lipinski definition) is 3. The number of nitrogens with two attached hydrogens (primary N) is 1. The first-order valence-electron chi connectivity index (χ1n) is 5.59. The molecule has 5 nitrogen and oxygen atoms in total. The first-order chi connectivity index (χ1) is 9.08. The number of amides is 1. The van der Waals surface area contributed by atoms with Crippen LogP contribution in [0.2, 0.25) is 0 Å². The first kappa shape index (κ1) is 13.1. The fourth-order valence-corrected chi connectivity index (χ4v) is 1.74. The highest BCUT2D eigenvalue weighted by Crippen LogP contribution is 2.23. The van der Waals surface area contributed by atoms with E-state index in [1.165, 1.54) is 6.26 Å². The zero-order chi connectivity index (χ0) is 13.8. The summed E-state index contributed by atoms with van der Waals surface area (Å²) >= 11 is 4.80. The Hall–Kier alpha value is -2.34. The average Bonchev–Trinajstić information content (AvgIpc) is 2.87. The third kappa shape index (κ3) is 3.11. The molecule has 1 aromatic carbocycles. The molecule has 4 N–H and O–H groups in total. The molecule has 2 aromatic rings. The standard InChI is InChI=1S/C13H13N3O2S/c1-8-9(4-2-5-10(8)16-13(14)19)15-12(17)11-6-3-7-18-11/h2-7H,1H3,(H,15,17)(H3,14,16,19). The normalized spacial score (nSPS) is 9.95. The van der Waals surface area contributed by atoms with E-state index in [4.69, 9.17) is 22.4 Å². The van der Waals surface area contributed by atoms with Crippen LogP contribution in [0.3, 0.4) is 0 Å². The highest BCUT2D eigenvalue weighted by atomic mass is 32.1. The second-order valence-electron chi connectivity index (χ2n) is 3.90. The van der Waals surface area contributed by atoms with E-state index in [0.717, 1.165) is 11.3 Å². The van der Waals surface area contributed by atoms with Gasteiger partial charge in [0.05, 0.1) is 6.26 Å². The van der Waals surface area contributed by atoms with Gasteiger partial charge in [0.1, 0.15) is 0 Å². The van der Waals surface area contributed by atoms with Crippen LogP contribution in [0.4, 0.5) is 11.4 Å². The fourth-order valence-electron chi connectivity index (χ4n) is 1.63. The van der Waals surface area contributed by atoms with E-state index in [2.05, 4.69) is 10.6 Å². The van der Waals surface area contributed by atoms with Gasteiger partial charge < -0.3 is 20.8 Å². The van der Waals surface area contributed by atoms with Crippen LogP contribution in [0.25, 0.3) is 0 Å². The van der Waals surface area contributed by atoms with Gasteiger partial charge in [-0.15, -0.1) is 0 Å². The monoisotopic (exact) mass is 275 g/mol. The molecule has 0 aliphatic heterocycles. The van der Waals surface area contributed by atoms with Crippen molar-refractivity contribution in [2.45, 2.75) is 6.92 Å². The molecule has 0 atom stereocenters. The molecule has 98 valence electrons. The molecule has 0 unspecified atom stereocenters. The number of benzene rings is 1. The Morgan fingerprint density at radius 3 is 2.47 bits per heavy atom. The minimum Gasteiger partial charge on any atom is -0.459 e. The van der Waals surface area contributed by atoms with Gasteiger partial charge in [0.15, 0.2) is 10.9 Å². The predicted octanol–water partition coefficient (Wildman–Crippen LogP) is 2.50. The molecule has 0 bridgehead atoms. The molecular formula is C13H13N3O2S. The molecule has 0 saturated carbocycles. The number of carbonyl (C=O) groups is 1. The lowest BCUT2D eigenvalue weighted by Crippen LogP contribution is -2.20. The lowest BCUT2D eigenvalue weighted by molar-refractivity contribution is 0.0996. The summed E-state index contributed by atoms with van der Waals surface area (Å²) in [6.45, 7) is 1.86. The van der Waals surface area contributed by atoms with Crippen molar-refractivity contribution < 1.29 is 9.21 Å². The fraction of sp³-hybridized carbons (Fsp3) is 0.0769. The second kappa shape index (κ2) is 5.53. The van der Waals surface area contributed by atoms with E-state index >= 15 is 0 Å². The third-order valence-corrected chi connectivity index (χ3v) is 2.69. The van der Waals surface area contributed by atoms with Gasteiger partial charge in [0, 0.05) is 11.4 Å². The molecule has 1 aromatic heterocycles. The molecule has 0 radical (unpaired) electrons. The zero-order valence-electron chi connectivity index (χ0n) is 10.3. The van der Waals surface area contributed by atoms with Gasteiger partial charge in [-0.3, -0.25) is 4.79 Å². The van der Waals surface area contributed by atoms with Crippen LogP contribution >= 0.6 is 12.2 Å². The molecule has 0 aliphatic rings. The molecular weight excluding hydrogens is 262 g/mol. The number of anilines is 2. The molecule has 0 aliphatic carbocycles. The predicted molar refractivity (Wildman–Crippen MR) is 78.2 cm³/mol. The van der Waals surface area contributed by atoms with Gasteiger partial charge in [-0.2, -0.15) is 0 Å². The van der Waals surface area contributed by atoms with Crippen molar-refractivity contribution in [3.63, 3.8) is 0 Å². The smallest absolute Gasteiger partial charge is 0.291 e. The van der Waals surface area contributed by atoms with Crippen LogP contribution in [-0.4, -0.2) is 11.0 Å². The van der Waals surface area contributed by atoms with E-state index in [0.29, 0.717) is 5.69 Å². The van der Waals surface area contributed by atoms with Crippen molar-refractivity contribution in [2.24, 2.45) is 5.73 Å². The summed E-state index contributed by atoms with van der Waals surface area (Å²) < 4.78 is 5.03. The van der Waals surface area contributed by atoms with Crippen molar-refractivity contribution >= 4 is 34.6 Å². The summed E-state index contributed by atoms with van der Waals surface area (Å²) in [5.74, 6) is -0.0484. The summed E-state index contributed by atoms with van der Waals surface area (Å²) in [6, 6.07) is 8.68. The van der Waals surface area contributed by atoms with Crippen LogP contribution in [0.15, 0.2) is 41.0 Å². The first-order valence-corrected chi connectivity index (χ1v) is 5.99. The van der Waals surface area contributed by atoms with Crippen molar-refractivity contribution in [3.8, 4) is 0 Å². The van der Waals surface area contributed by atoms with Gasteiger partial charge >= 0.3 is 0 Å². The maximum atomic E-state index is 11.9. The molecule has 1 heterocycles. The van der Waals surface area contributed by atoms with Crippen molar-refractivity contribution in [1.82, 2.24) is 0 Å². The number of thiocarbonyl (C=S) groups is 1. The maximum Gasteiger partial charge on any atom is 0.291 e. The zero-order valence-corrected chi connectivity index (χ0v) is 11.1. The Morgan fingerprint density at radius 1 is 1.21 bits per heavy atom. The topological polar surface area (TPSA) is 80.3 Å². The Bertz CT molecular complexity index is 608. The van der Waals surface area contributed by atoms with Gasteiger partial charge in [-0.1, -0.05) is 6.07 Å². The SMILES string of the molecule is Cc1c(NC(=O)c2ccco2)cccc1NC(N)=S. The summed E-state index contributed by atoms with van der Waals surface area (Å²) in [7, 11) is 0. The van der Waals surface area contributed by atoms with Crippen molar-refractivity contribution in [2.75, 3.05) is 10.6 Å². The molecule has 0 spiro atoms. The number of rotatable bonds is 3. The highest BCUT2D eigenvalue weighted by Gasteiger charge is 2.11.